The van der Waals surface area contributed by atoms with Crippen molar-refractivity contribution in [3.63, 3.8) is 0 Å². The Balaban J connectivity index is 4.34. The number of ether oxygens (including phenoxy) is 3. The van der Waals surface area contributed by atoms with E-state index in [4.69, 9.17) is 14.2 Å². The molecular weight excluding hydrogens is 961 g/mol. The van der Waals surface area contributed by atoms with Gasteiger partial charge in [-0.05, 0) is 122 Å². The van der Waals surface area contributed by atoms with Crippen LogP contribution >= 0.6 is 0 Å². The number of rotatable bonds is 59. The SMILES string of the molecule is CC/C=C\C/C=C\C/C=C\C/C=C\CCCCCCCCCCCCCCCCC(=O)OCC(COC(=O)CCCCCCC/C=C\CCCCCCCCC)OC(=O)CCCCCC/C=C\C/C=C\C/C=C\C/C=C\CC. The fourth-order valence-electron chi connectivity index (χ4n) is 9.13. The highest BCUT2D eigenvalue weighted by Crippen LogP contribution is 2.16. The summed E-state index contributed by atoms with van der Waals surface area (Å²) in [5.74, 6) is -0.914. The molecule has 0 aromatic rings. The van der Waals surface area contributed by atoms with E-state index in [1.807, 2.05) is 0 Å². The summed E-state index contributed by atoms with van der Waals surface area (Å²) in [7, 11) is 0. The van der Waals surface area contributed by atoms with Gasteiger partial charge in [0.05, 0.1) is 0 Å². The minimum Gasteiger partial charge on any atom is -0.462 e. The molecule has 0 aliphatic rings. The summed E-state index contributed by atoms with van der Waals surface area (Å²) in [6.07, 6.45) is 89.6. The molecule has 0 aliphatic carbocycles. The largest absolute Gasteiger partial charge is 0.462 e. The van der Waals surface area contributed by atoms with Crippen LogP contribution < -0.4 is 0 Å². The molecule has 0 spiro atoms. The predicted molar refractivity (Wildman–Crippen MR) is 339 cm³/mol. The first-order chi connectivity index (χ1) is 38.5. The lowest BCUT2D eigenvalue weighted by Gasteiger charge is -2.18. The molecule has 0 rings (SSSR count). The van der Waals surface area contributed by atoms with Crippen molar-refractivity contribution in [3.8, 4) is 0 Å². The molecule has 0 fully saturated rings. The van der Waals surface area contributed by atoms with Crippen LogP contribution in [0.4, 0.5) is 0 Å². The summed E-state index contributed by atoms with van der Waals surface area (Å²) in [6, 6.07) is 0. The molecule has 0 heterocycles. The van der Waals surface area contributed by atoms with Gasteiger partial charge in [0.1, 0.15) is 13.2 Å². The summed E-state index contributed by atoms with van der Waals surface area (Å²) < 4.78 is 16.9. The molecule has 0 radical (unpaired) electrons. The molecule has 0 bridgehead atoms. The molecule has 0 saturated heterocycles. The van der Waals surface area contributed by atoms with Crippen LogP contribution in [0.15, 0.2) is 109 Å². The van der Waals surface area contributed by atoms with Gasteiger partial charge in [0.2, 0.25) is 0 Å². The zero-order valence-electron chi connectivity index (χ0n) is 51.2. The van der Waals surface area contributed by atoms with E-state index in [1.165, 1.54) is 141 Å². The molecule has 6 nitrogen and oxygen atoms in total. The first-order valence-corrected chi connectivity index (χ1v) is 32.9. The number of esters is 3. The Morgan fingerprint density at radius 1 is 0.269 bits per heavy atom. The van der Waals surface area contributed by atoms with E-state index in [2.05, 4.69) is 130 Å². The third-order valence-corrected chi connectivity index (χ3v) is 14.0. The minimum atomic E-state index is -0.797. The normalized spacial score (nSPS) is 12.8. The molecule has 446 valence electrons. The van der Waals surface area contributed by atoms with Crippen molar-refractivity contribution in [2.45, 2.75) is 316 Å². The Bertz CT molecular complexity index is 1570. The van der Waals surface area contributed by atoms with Crippen LogP contribution in [0.25, 0.3) is 0 Å². The quantitative estimate of drug-likeness (QED) is 0.0261. The second-order valence-corrected chi connectivity index (χ2v) is 21.6. The second-order valence-electron chi connectivity index (χ2n) is 21.6. The number of unbranched alkanes of at least 4 members (excludes halogenated alkanes) is 30. The van der Waals surface area contributed by atoms with E-state index in [0.717, 1.165) is 128 Å². The van der Waals surface area contributed by atoms with E-state index in [9.17, 15) is 14.4 Å². The first kappa shape index (κ1) is 74.1. The van der Waals surface area contributed by atoms with E-state index in [0.29, 0.717) is 19.3 Å². The first-order valence-electron chi connectivity index (χ1n) is 32.9. The fraction of sp³-hybridized carbons (Fsp3) is 0.708. The van der Waals surface area contributed by atoms with Crippen LogP contribution in [0.5, 0.6) is 0 Å². The van der Waals surface area contributed by atoms with Gasteiger partial charge in [0, 0.05) is 19.3 Å². The van der Waals surface area contributed by atoms with Gasteiger partial charge in [0.25, 0.3) is 0 Å². The Hall–Kier alpha value is -3.93. The van der Waals surface area contributed by atoms with Crippen LogP contribution in [0.1, 0.15) is 310 Å². The van der Waals surface area contributed by atoms with E-state index in [1.54, 1.807) is 0 Å². The lowest BCUT2D eigenvalue weighted by Crippen LogP contribution is -2.30. The standard InChI is InChI=1S/C72H122O6/c1-4-7-10-13-16-19-22-25-28-31-32-33-34-35-36-37-38-39-40-42-44-47-50-53-56-59-62-65-71(74)77-68-69(67-76-70(73)64-61-58-55-52-49-46-43-30-27-24-21-18-15-12-9-6-3)78-72(75)66-63-60-57-54-51-48-45-41-29-26-23-20-17-14-11-8-5-2/h7-8,10-11,16-17,19-20,25-26,28-30,32-33,43,45,48,69H,4-6,9,12-15,18,21-24,27,31,34-42,44,46-47,49-68H2,1-3H3/b10-7-,11-8-,19-16-,20-17-,28-25-,29-26-,33-32-,43-30-,48-45-. The smallest absolute Gasteiger partial charge is 0.306 e. The van der Waals surface area contributed by atoms with E-state index in [-0.39, 0.29) is 31.1 Å². The maximum Gasteiger partial charge on any atom is 0.306 e. The minimum absolute atomic E-state index is 0.0904. The zero-order chi connectivity index (χ0) is 56.4. The molecule has 0 amide bonds. The summed E-state index contributed by atoms with van der Waals surface area (Å²) in [5.41, 5.74) is 0. The Morgan fingerprint density at radius 2 is 0.500 bits per heavy atom. The molecule has 0 aromatic heterocycles. The molecule has 0 N–H and O–H groups in total. The highest BCUT2D eigenvalue weighted by Gasteiger charge is 2.19. The van der Waals surface area contributed by atoms with Crippen LogP contribution in [0, 0.1) is 0 Å². The van der Waals surface area contributed by atoms with Gasteiger partial charge in [-0.25, -0.2) is 0 Å². The molecular formula is C72H122O6. The molecule has 1 atom stereocenters. The average molecular weight is 1080 g/mol. The number of carbonyl (C=O) groups is 3. The highest BCUT2D eigenvalue weighted by molar-refractivity contribution is 5.71. The summed E-state index contributed by atoms with van der Waals surface area (Å²) in [5, 5.41) is 0. The molecule has 6 heteroatoms. The third kappa shape index (κ3) is 62.9. The Kier molecular flexibility index (Phi) is 62.3. The van der Waals surface area contributed by atoms with Gasteiger partial charge in [-0.2, -0.15) is 0 Å². The lowest BCUT2D eigenvalue weighted by molar-refractivity contribution is -0.167. The molecule has 1 unspecified atom stereocenters. The highest BCUT2D eigenvalue weighted by atomic mass is 16.6. The van der Waals surface area contributed by atoms with Crippen molar-refractivity contribution < 1.29 is 28.6 Å². The fourth-order valence-corrected chi connectivity index (χ4v) is 9.13. The van der Waals surface area contributed by atoms with Gasteiger partial charge in [-0.1, -0.05) is 278 Å². The van der Waals surface area contributed by atoms with Gasteiger partial charge in [-0.3, -0.25) is 14.4 Å². The van der Waals surface area contributed by atoms with Crippen LogP contribution in [0.2, 0.25) is 0 Å². The van der Waals surface area contributed by atoms with Crippen molar-refractivity contribution in [2.75, 3.05) is 13.2 Å². The van der Waals surface area contributed by atoms with Crippen molar-refractivity contribution >= 4 is 17.9 Å². The van der Waals surface area contributed by atoms with Crippen LogP contribution in [0.3, 0.4) is 0 Å². The van der Waals surface area contributed by atoms with Gasteiger partial charge < -0.3 is 14.2 Å². The van der Waals surface area contributed by atoms with Gasteiger partial charge >= 0.3 is 17.9 Å². The Labute approximate surface area is 482 Å². The number of hydrogen-bond acceptors (Lipinski definition) is 6. The van der Waals surface area contributed by atoms with Crippen LogP contribution in [-0.2, 0) is 28.6 Å². The lowest BCUT2D eigenvalue weighted by atomic mass is 10.0. The number of carbonyl (C=O) groups excluding carboxylic acids is 3. The topological polar surface area (TPSA) is 78.9 Å². The van der Waals surface area contributed by atoms with Crippen molar-refractivity contribution in [1.29, 1.82) is 0 Å². The average Bonchev–Trinajstić information content (AvgIpc) is 3.44. The van der Waals surface area contributed by atoms with Crippen molar-refractivity contribution in [3.05, 3.63) is 109 Å². The van der Waals surface area contributed by atoms with Gasteiger partial charge in [0.15, 0.2) is 6.10 Å². The molecule has 0 saturated carbocycles. The van der Waals surface area contributed by atoms with E-state index < -0.39 is 6.10 Å². The van der Waals surface area contributed by atoms with E-state index >= 15 is 0 Å². The van der Waals surface area contributed by atoms with Crippen molar-refractivity contribution in [2.24, 2.45) is 0 Å². The molecule has 0 aromatic carbocycles. The summed E-state index contributed by atoms with van der Waals surface area (Å²) in [6.45, 7) is 6.41. The molecule has 78 heavy (non-hydrogen) atoms. The molecule has 0 aliphatic heterocycles. The third-order valence-electron chi connectivity index (χ3n) is 14.0. The zero-order valence-corrected chi connectivity index (χ0v) is 51.2. The second kappa shape index (κ2) is 65.6. The predicted octanol–water partition coefficient (Wildman–Crippen LogP) is 22.6. The number of hydrogen-bond donors (Lipinski definition) is 0. The maximum atomic E-state index is 12.9. The number of allylic oxidation sites excluding steroid dienone is 18. The monoisotopic (exact) mass is 1080 g/mol. The maximum absolute atomic E-state index is 12.9. The Morgan fingerprint density at radius 3 is 0.795 bits per heavy atom. The summed E-state index contributed by atoms with van der Waals surface area (Å²) >= 11 is 0. The van der Waals surface area contributed by atoms with Crippen molar-refractivity contribution in [1.82, 2.24) is 0 Å². The van der Waals surface area contributed by atoms with Crippen LogP contribution in [-0.4, -0.2) is 37.2 Å². The van der Waals surface area contributed by atoms with Gasteiger partial charge in [-0.15, -0.1) is 0 Å². The summed E-state index contributed by atoms with van der Waals surface area (Å²) in [4.78, 5) is 38.4.